The number of hydrogen-bond donors (Lipinski definition) is 1. The molecule has 0 bridgehead atoms. The van der Waals surface area contributed by atoms with Crippen molar-refractivity contribution in [3.8, 4) is 0 Å². The fraction of sp³-hybridized carbons (Fsp3) is 0.0588. The Morgan fingerprint density at radius 3 is 2.07 bits per heavy atom. The Hall–Kier alpha value is -2.98. The van der Waals surface area contributed by atoms with Crippen LogP contribution in [-0.2, 0) is 25.8 Å². The van der Waals surface area contributed by atoms with Crippen LogP contribution < -0.4 is 4.72 Å². The van der Waals surface area contributed by atoms with E-state index in [0.717, 1.165) is 0 Å². The summed E-state index contributed by atoms with van der Waals surface area (Å²) < 4.78 is 54.9. The second kappa shape index (κ2) is 7.72. The fourth-order valence-electron chi connectivity index (χ4n) is 2.19. The number of nitrogens with zero attached hydrogens (tertiary/aromatic N) is 3. The summed E-state index contributed by atoms with van der Waals surface area (Å²) in [5, 5.41) is 0. The lowest BCUT2D eigenvalue weighted by atomic mass is 10.2. The first-order chi connectivity index (χ1) is 12.8. The maximum Gasteiger partial charge on any atom is 0.264 e. The van der Waals surface area contributed by atoms with Crippen LogP contribution in [-0.4, -0.2) is 26.8 Å². The third-order valence-corrected chi connectivity index (χ3v) is 5.91. The first-order valence-corrected chi connectivity index (χ1v) is 10.8. The van der Waals surface area contributed by atoms with Gasteiger partial charge in [0.25, 0.3) is 10.0 Å². The normalized spacial score (nSPS) is 11.7. The van der Waals surface area contributed by atoms with Gasteiger partial charge in [-0.2, -0.15) is 0 Å². The minimum absolute atomic E-state index is 0.0586. The van der Waals surface area contributed by atoms with Crippen molar-refractivity contribution in [1.82, 2.24) is 9.97 Å². The van der Waals surface area contributed by atoms with E-state index >= 15 is 0 Å². The molecule has 1 aromatic heterocycles. The molecular formula is C17H15N4O4S2-. The van der Waals surface area contributed by atoms with Crippen molar-refractivity contribution in [3.63, 3.8) is 0 Å². The van der Waals surface area contributed by atoms with Gasteiger partial charge >= 0.3 is 0 Å². The van der Waals surface area contributed by atoms with E-state index in [1.54, 1.807) is 36.4 Å². The first-order valence-electron chi connectivity index (χ1n) is 7.74. The second-order valence-corrected chi connectivity index (χ2v) is 8.79. The molecule has 2 aromatic carbocycles. The number of benzene rings is 2. The van der Waals surface area contributed by atoms with Crippen LogP contribution in [0.5, 0.6) is 0 Å². The number of rotatable bonds is 7. The van der Waals surface area contributed by atoms with Gasteiger partial charge in [0.2, 0.25) is 5.95 Å². The van der Waals surface area contributed by atoms with Gasteiger partial charge in [-0.1, -0.05) is 42.5 Å². The Balaban J connectivity index is 1.71. The minimum Gasteiger partial charge on any atom is -0.577 e. The Morgan fingerprint density at radius 2 is 1.44 bits per heavy atom. The molecule has 0 atom stereocenters. The van der Waals surface area contributed by atoms with Crippen LogP contribution in [0.3, 0.4) is 0 Å². The molecule has 0 aliphatic heterocycles. The maximum absolute atomic E-state index is 12.3. The molecule has 0 amide bonds. The van der Waals surface area contributed by atoms with E-state index in [2.05, 4.69) is 19.4 Å². The van der Waals surface area contributed by atoms with E-state index in [-0.39, 0.29) is 22.3 Å². The third kappa shape index (κ3) is 5.25. The van der Waals surface area contributed by atoms with E-state index < -0.39 is 20.0 Å². The average molecular weight is 403 g/mol. The lowest BCUT2D eigenvalue weighted by Crippen LogP contribution is -2.14. The average Bonchev–Trinajstić information content (AvgIpc) is 2.63. The Kier molecular flexibility index (Phi) is 5.38. The van der Waals surface area contributed by atoms with Gasteiger partial charge in [-0.25, -0.2) is 31.5 Å². The zero-order valence-corrected chi connectivity index (χ0v) is 15.6. The highest BCUT2D eigenvalue weighted by molar-refractivity contribution is 7.93. The van der Waals surface area contributed by atoms with Gasteiger partial charge in [-0.3, -0.25) is 0 Å². The van der Waals surface area contributed by atoms with E-state index in [1.807, 2.05) is 0 Å². The molecule has 0 radical (unpaired) electrons. The largest absolute Gasteiger partial charge is 0.577 e. The molecule has 27 heavy (non-hydrogen) atoms. The van der Waals surface area contributed by atoms with Crippen LogP contribution in [0.4, 0.5) is 11.6 Å². The van der Waals surface area contributed by atoms with Gasteiger partial charge in [-0.15, -0.1) is 5.69 Å². The standard InChI is InChI=1S/C17H15N4O4S2/c22-26(23,13-14-5-2-1-3-6-14)20-15-7-9-16(10-8-15)27(24,25)21-17-18-11-4-12-19-17/h1-12H,13H2,(H,18,19,21)/q-1. The van der Waals surface area contributed by atoms with Gasteiger partial charge in [0.15, 0.2) is 0 Å². The van der Waals surface area contributed by atoms with E-state index in [1.165, 1.54) is 36.7 Å². The smallest absolute Gasteiger partial charge is 0.264 e. The molecule has 1 heterocycles. The highest BCUT2D eigenvalue weighted by Crippen LogP contribution is 2.26. The van der Waals surface area contributed by atoms with Crippen molar-refractivity contribution in [2.75, 3.05) is 4.72 Å². The maximum atomic E-state index is 12.3. The molecule has 3 rings (SSSR count). The molecule has 0 spiro atoms. The molecule has 0 fully saturated rings. The summed E-state index contributed by atoms with van der Waals surface area (Å²) in [5.41, 5.74) is 0.758. The SMILES string of the molecule is O=S(=O)(Cc1ccccc1)[N-]c1ccc(S(=O)(=O)Nc2ncccn2)cc1. The molecule has 3 aromatic rings. The Morgan fingerprint density at radius 1 is 0.815 bits per heavy atom. The lowest BCUT2D eigenvalue weighted by Gasteiger charge is -2.22. The predicted octanol–water partition coefficient (Wildman–Crippen LogP) is 2.81. The second-order valence-electron chi connectivity index (χ2n) is 5.47. The zero-order valence-electron chi connectivity index (χ0n) is 13.9. The number of sulfonamides is 2. The molecule has 0 saturated carbocycles. The summed E-state index contributed by atoms with van der Waals surface area (Å²) in [6, 6.07) is 15.4. The van der Waals surface area contributed by atoms with Crippen LogP contribution in [0.15, 0.2) is 78.0 Å². The van der Waals surface area contributed by atoms with Crippen molar-refractivity contribution in [2.24, 2.45) is 0 Å². The highest BCUT2D eigenvalue weighted by atomic mass is 32.2. The van der Waals surface area contributed by atoms with Crippen molar-refractivity contribution in [1.29, 1.82) is 0 Å². The highest BCUT2D eigenvalue weighted by Gasteiger charge is 2.14. The van der Waals surface area contributed by atoms with Crippen LogP contribution in [0.2, 0.25) is 0 Å². The van der Waals surface area contributed by atoms with Crippen LogP contribution in [0, 0.1) is 0 Å². The lowest BCUT2D eigenvalue weighted by molar-refractivity contribution is 0.600. The monoisotopic (exact) mass is 403 g/mol. The van der Waals surface area contributed by atoms with Crippen molar-refractivity contribution in [2.45, 2.75) is 10.6 Å². The fourth-order valence-corrected chi connectivity index (χ4v) is 4.27. The molecule has 140 valence electrons. The first kappa shape index (κ1) is 18.8. The number of aromatic nitrogens is 2. The van der Waals surface area contributed by atoms with E-state index in [9.17, 15) is 16.8 Å². The summed E-state index contributed by atoms with van der Waals surface area (Å²) >= 11 is 0. The summed E-state index contributed by atoms with van der Waals surface area (Å²) in [7, 11) is -7.63. The Labute approximate surface area is 157 Å². The number of hydrogen-bond acceptors (Lipinski definition) is 6. The van der Waals surface area contributed by atoms with Crippen molar-refractivity contribution < 1.29 is 16.8 Å². The molecule has 8 nitrogen and oxygen atoms in total. The van der Waals surface area contributed by atoms with Crippen LogP contribution in [0.1, 0.15) is 5.56 Å². The molecule has 1 N–H and O–H groups in total. The summed E-state index contributed by atoms with van der Waals surface area (Å²) in [4.78, 5) is 7.53. The van der Waals surface area contributed by atoms with Crippen LogP contribution >= 0.6 is 0 Å². The molecular weight excluding hydrogens is 388 g/mol. The minimum atomic E-state index is -3.89. The quantitative estimate of drug-likeness (QED) is 0.648. The molecule has 10 heteroatoms. The summed E-state index contributed by atoms with van der Waals surface area (Å²) in [6.45, 7) is 0. The Bertz CT molecular complexity index is 1100. The summed E-state index contributed by atoms with van der Waals surface area (Å²) in [6.07, 6.45) is 2.81. The van der Waals surface area contributed by atoms with E-state index in [0.29, 0.717) is 5.56 Å². The predicted molar refractivity (Wildman–Crippen MR) is 101 cm³/mol. The van der Waals surface area contributed by atoms with Crippen LogP contribution in [0.25, 0.3) is 4.72 Å². The van der Waals surface area contributed by atoms with Gasteiger partial charge in [0, 0.05) is 12.4 Å². The topological polar surface area (TPSA) is 120 Å². The summed E-state index contributed by atoms with van der Waals surface area (Å²) in [5.74, 6) is -0.294. The molecule has 0 aliphatic rings. The molecule has 0 unspecified atom stereocenters. The number of anilines is 1. The van der Waals surface area contributed by atoms with E-state index in [4.69, 9.17) is 0 Å². The zero-order chi connectivity index (χ0) is 19.3. The molecule has 0 aliphatic carbocycles. The van der Waals surface area contributed by atoms with Gasteiger partial charge in [-0.05, 0) is 23.8 Å². The third-order valence-electron chi connectivity index (χ3n) is 3.37. The van der Waals surface area contributed by atoms with Gasteiger partial charge in [0.05, 0.1) is 20.7 Å². The molecule has 0 saturated heterocycles. The van der Waals surface area contributed by atoms with Gasteiger partial charge < -0.3 is 4.72 Å². The van der Waals surface area contributed by atoms with Crippen molar-refractivity contribution in [3.05, 3.63) is 83.3 Å². The number of nitrogens with one attached hydrogen (secondary N) is 1. The van der Waals surface area contributed by atoms with Crippen molar-refractivity contribution >= 4 is 31.7 Å². The van der Waals surface area contributed by atoms with Gasteiger partial charge in [0.1, 0.15) is 0 Å².